The minimum atomic E-state index is -0.778. The van der Waals surface area contributed by atoms with Gasteiger partial charge in [-0.1, -0.05) is 0 Å². The van der Waals surface area contributed by atoms with Gasteiger partial charge < -0.3 is 10.6 Å². The van der Waals surface area contributed by atoms with E-state index in [-0.39, 0.29) is 23.4 Å². The highest BCUT2D eigenvalue weighted by molar-refractivity contribution is 5.57. The van der Waals surface area contributed by atoms with Crippen molar-refractivity contribution in [3.8, 4) is 6.07 Å². The predicted octanol–water partition coefficient (Wildman–Crippen LogP) is 1.37. The molecule has 0 saturated heterocycles. The van der Waals surface area contributed by atoms with Gasteiger partial charge in [-0.15, -0.1) is 0 Å². The van der Waals surface area contributed by atoms with Crippen molar-refractivity contribution in [2.75, 3.05) is 17.7 Å². The lowest BCUT2D eigenvalue weighted by atomic mass is 10.3. The number of nitriles is 1. The Balaban J connectivity index is 2.47. The highest BCUT2D eigenvalue weighted by Gasteiger charge is 2.14. The summed E-state index contributed by atoms with van der Waals surface area (Å²) in [7, 11) is 1.46. The second-order valence-electron chi connectivity index (χ2n) is 3.58. The zero-order valence-electron chi connectivity index (χ0n) is 9.80. The van der Waals surface area contributed by atoms with Crippen molar-refractivity contribution >= 4 is 17.6 Å². The zero-order valence-corrected chi connectivity index (χ0v) is 9.80. The Bertz CT molecular complexity index is 667. The topological polar surface area (TPSA) is 91.7 Å². The monoisotopic (exact) mass is 262 g/mol. The van der Waals surface area contributed by atoms with Gasteiger partial charge in [0.15, 0.2) is 0 Å². The van der Waals surface area contributed by atoms with Crippen molar-refractivity contribution in [2.45, 2.75) is 0 Å². The van der Waals surface area contributed by atoms with Gasteiger partial charge in [0, 0.05) is 13.1 Å². The fourth-order valence-corrected chi connectivity index (χ4v) is 1.44. The van der Waals surface area contributed by atoms with Gasteiger partial charge in [-0.3, -0.25) is 0 Å². The lowest BCUT2D eigenvalue weighted by Gasteiger charge is -2.17. The maximum Gasteiger partial charge on any atom is 0.238 e. The van der Waals surface area contributed by atoms with E-state index in [4.69, 9.17) is 11.0 Å². The Morgan fingerprint density at radius 3 is 2.63 bits per heavy atom. The molecule has 0 unspecified atom stereocenters. The molecule has 2 aromatic rings. The SMILES string of the molecule is CN(c1nc(N)nc(C#N)n1)c1ccc(F)cc1F. The van der Waals surface area contributed by atoms with Crippen molar-refractivity contribution in [2.24, 2.45) is 0 Å². The molecular formula is C11H8F2N6. The van der Waals surface area contributed by atoms with Crippen LogP contribution in [0.5, 0.6) is 0 Å². The van der Waals surface area contributed by atoms with Crippen molar-refractivity contribution in [1.82, 2.24) is 15.0 Å². The molecule has 0 saturated carbocycles. The number of anilines is 3. The normalized spacial score (nSPS) is 10.0. The van der Waals surface area contributed by atoms with Crippen molar-refractivity contribution in [3.63, 3.8) is 0 Å². The van der Waals surface area contributed by atoms with E-state index in [2.05, 4.69) is 15.0 Å². The predicted molar refractivity (Wildman–Crippen MR) is 63.4 cm³/mol. The first-order valence-electron chi connectivity index (χ1n) is 5.11. The second kappa shape index (κ2) is 4.81. The molecule has 8 heteroatoms. The van der Waals surface area contributed by atoms with Crippen LogP contribution in [0.2, 0.25) is 0 Å². The Morgan fingerprint density at radius 1 is 1.26 bits per heavy atom. The first kappa shape index (κ1) is 12.6. The number of nitrogen functional groups attached to an aromatic ring is 1. The molecule has 0 amide bonds. The molecule has 0 bridgehead atoms. The molecule has 0 atom stereocenters. The third kappa shape index (κ3) is 2.55. The lowest BCUT2D eigenvalue weighted by Crippen LogP contribution is -2.17. The number of nitrogens with two attached hydrogens (primary N) is 1. The quantitative estimate of drug-likeness (QED) is 0.878. The van der Waals surface area contributed by atoms with E-state index >= 15 is 0 Å². The molecule has 96 valence electrons. The van der Waals surface area contributed by atoms with E-state index in [1.807, 2.05) is 0 Å². The first-order valence-corrected chi connectivity index (χ1v) is 5.11. The standard InChI is InChI=1S/C11H8F2N6/c1-19(8-3-2-6(12)4-7(8)13)11-17-9(5-14)16-10(15)18-11/h2-4H,1H3,(H2,15,16,17,18). The average molecular weight is 262 g/mol. The van der Waals surface area contributed by atoms with E-state index < -0.39 is 11.6 Å². The third-order valence-corrected chi connectivity index (χ3v) is 2.31. The largest absolute Gasteiger partial charge is 0.368 e. The highest BCUT2D eigenvalue weighted by atomic mass is 19.1. The maximum absolute atomic E-state index is 13.6. The molecular weight excluding hydrogens is 254 g/mol. The molecule has 1 aromatic heterocycles. The molecule has 0 aliphatic carbocycles. The number of hydrogen-bond acceptors (Lipinski definition) is 6. The van der Waals surface area contributed by atoms with Gasteiger partial charge in [-0.25, -0.2) is 8.78 Å². The molecule has 0 aliphatic rings. The Morgan fingerprint density at radius 2 is 2.00 bits per heavy atom. The molecule has 1 aromatic carbocycles. The fourth-order valence-electron chi connectivity index (χ4n) is 1.44. The highest BCUT2D eigenvalue weighted by Crippen LogP contribution is 2.24. The van der Waals surface area contributed by atoms with Gasteiger partial charge in [-0.05, 0) is 12.1 Å². The zero-order chi connectivity index (χ0) is 14.0. The van der Waals surface area contributed by atoms with Crippen molar-refractivity contribution in [1.29, 1.82) is 5.26 Å². The summed E-state index contributed by atoms with van der Waals surface area (Å²) in [5, 5.41) is 8.73. The summed E-state index contributed by atoms with van der Waals surface area (Å²) in [5.74, 6) is -1.81. The van der Waals surface area contributed by atoms with Crippen LogP contribution in [0.25, 0.3) is 0 Å². The van der Waals surface area contributed by atoms with Crippen LogP contribution in [0.15, 0.2) is 18.2 Å². The van der Waals surface area contributed by atoms with Gasteiger partial charge in [-0.2, -0.15) is 20.2 Å². The van der Waals surface area contributed by atoms with Gasteiger partial charge in [0.2, 0.25) is 17.7 Å². The Labute approximate surface area is 107 Å². The summed E-state index contributed by atoms with van der Waals surface area (Å²) in [6.45, 7) is 0. The number of nitrogens with zero attached hydrogens (tertiary/aromatic N) is 5. The average Bonchev–Trinajstić information content (AvgIpc) is 2.37. The van der Waals surface area contributed by atoms with E-state index in [9.17, 15) is 8.78 Å². The number of aromatic nitrogens is 3. The molecule has 6 nitrogen and oxygen atoms in total. The van der Waals surface area contributed by atoms with Gasteiger partial charge in [0.25, 0.3) is 0 Å². The molecule has 1 heterocycles. The van der Waals surface area contributed by atoms with Crippen LogP contribution in [0.4, 0.5) is 26.4 Å². The van der Waals surface area contributed by atoms with Crippen molar-refractivity contribution in [3.05, 3.63) is 35.7 Å². The minimum Gasteiger partial charge on any atom is -0.368 e. The van der Waals surface area contributed by atoms with E-state index in [0.717, 1.165) is 12.1 Å². The van der Waals surface area contributed by atoms with Gasteiger partial charge >= 0.3 is 0 Å². The van der Waals surface area contributed by atoms with Crippen LogP contribution >= 0.6 is 0 Å². The second-order valence-corrected chi connectivity index (χ2v) is 3.58. The molecule has 19 heavy (non-hydrogen) atoms. The molecule has 0 radical (unpaired) electrons. The van der Waals surface area contributed by atoms with Crippen LogP contribution in [0, 0.1) is 23.0 Å². The summed E-state index contributed by atoms with van der Waals surface area (Å²) >= 11 is 0. The number of benzene rings is 1. The first-order chi connectivity index (χ1) is 9.01. The Kier molecular flexibility index (Phi) is 3.20. The number of rotatable bonds is 2. The molecule has 2 rings (SSSR count). The summed E-state index contributed by atoms with van der Waals surface area (Å²) in [6, 6.07) is 4.79. The third-order valence-electron chi connectivity index (χ3n) is 2.31. The molecule has 0 fully saturated rings. The summed E-state index contributed by atoms with van der Waals surface area (Å²) in [6.07, 6.45) is 0. The molecule has 0 aliphatic heterocycles. The van der Waals surface area contributed by atoms with Gasteiger partial charge in [0.1, 0.15) is 17.7 Å². The van der Waals surface area contributed by atoms with Crippen molar-refractivity contribution < 1.29 is 8.78 Å². The smallest absolute Gasteiger partial charge is 0.238 e. The number of halogens is 2. The van der Waals surface area contributed by atoms with E-state index in [1.54, 1.807) is 6.07 Å². The summed E-state index contributed by atoms with van der Waals surface area (Å²) in [4.78, 5) is 12.4. The van der Waals surface area contributed by atoms with E-state index in [1.165, 1.54) is 18.0 Å². The minimum absolute atomic E-state index is 0.00504. The lowest BCUT2D eigenvalue weighted by molar-refractivity contribution is 0.583. The maximum atomic E-state index is 13.6. The van der Waals surface area contributed by atoms with Crippen LogP contribution in [0.1, 0.15) is 5.82 Å². The Hall–Kier alpha value is -2.82. The van der Waals surface area contributed by atoms with Crippen LogP contribution in [-0.4, -0.2) is 22.0 Å². The van der Waals surface area contributed by atoms with Crippen LogP contribution in [0.3, 0.4) is 0 Å². The van der Waals surface area contributed by atoms with Crippen LogP contribution < -0.4 is 10.6 Å². The fraction of sp³-hybridized carbons (Fsp3) is 0.0909. The summed E-state index contributed by atoms with van der Waals surface area (Å²) < 4.78 is 26.5. The number of hydrogen-bond donors (Lipinski definition) is 1. The van der Waals surface area contributed by atoms with Gasteiger partial charge in [0.05, 0.1) is 5.69 Å². The van der Waals surface area contributed by atoms with Crippen LogP contribution in [-0.2, 0) is 0 Å². The summed E-state index contributed by atoms with van der Waals surface area (Å²) in [5.41, 5.74) is 5.47. The molecule has 2 N–H and O–H groups in total. The molecule has 0 spiro atoms. The van der Waals surface area contributed by atoms with E-state index in [0.29, 0.717) is 0 Å².